The van der Waals surface area contributed by atoms with Crippen LogP contribution in [0.4, 0.5) is 5.69 Å². The normalized spacial score (nSPS) is 29.5. The second kappa shape index (κ2) is 18.6. The van der Waals surface area contributed by atoms with E-state index in [4.69, 9.17) is 14.5 Å². The molecule has 5 saturated heterocycles. The number of aromatic nitrogens is 2. The summed E-state index contributed by atoms with van der Waals surface area (Å²) in [6.45, 7) is 21.1. The van der Waals surface area contributed by atoms with Gasteiger partial charge in [-0.2, -0.15) is 0 Å². The maximum absolute atomic E-state index is 14.9. The van der Waals surface area contributed by atoms with E-state index >= 15 is 0 Å². The molecular formula is C53H75N9O6. The van der Waals surface area contributed by atoms with E-state index in [-0.39, 0.29) is 66.1 Å². The fourth-order valence-corrected chi connectivity index (χ4v) is 12.5. The molecule has 68 heavy (non-hydrogen) atoms. The van der Waals surface area contributed by atoms with Crippen LogP contribution in [0.2, 0.25) is 0 Å². The minimum atomic E-state index is -0.903. The molecule has 0 unspecified atom stereocenters. The molecule has 8 heterocycles. The number of nitrogens with zero attached hydrogens (tertiary/aromatic N) is 6. The Morgan fingerprint density at radius 1 is 1.00 bits per heavy atom. The lowest BCUT2D eigenvalue weighted by Gasteiger charge is -2.39. The summed E-state index contributed by atoms with van der Waals surface area (Å²) in [6, 6.07) is 9.22. The van der Waals surface area contributed by atoms with Gasteiger partial charge in [-0.1, -0.05) is 41.5 Å². The first-order valence-electron chi connectivity index (χ1n) is 25.9. The average molecular weight is 934 g/mol. The number of rotatable bonds is 9. The number of pyridine rings is 1. The standard InChI is InChI=1S/C53H75N9O6/c1-8-61-42-16-15-35-25-38(42)39(47(61)37-11-9-19-54-43(37)32(2)3)27-52(6,7)31-68-51(66)40-12-10-20-62(57-40)49(64)41(26-36-28-58(35)23-24-67-36)55-48(63)46(33(4)5)59-21-17-53(29-59)18-22-60(30-53)50(65)45-44(56-45)34-13-14-34/h9,11,15-16,19,25,32-34,36,40-41,44-46,56-57H,8,10,12-14,17-18,20-24,26-31H2,1-7H3,(H,55,63)/t36-,40-,41-,44+,45+,46-,53-/m0/s1. The summed E-state index contributed by atoms with van der Waals surface area (Å²) in [5.74, 6) is 0.253. The smallest absolute Gasteiger partial charge is 0.324 e. The number of likely N-dealkylation sites (tertiary alicyclic amines) is 2. The van der Waals surface area contributed by atoms with E-state index in [2.05, 4.69) is 108 Å². The van der Waals surface area contributed by atoms with E-state index in [9.17, 15) is 19.2 Å². The van der Waals surface area contributed by atoms with Crippen LogP contribution in [-0.4, -0.2) is 143 Å². The van der Waals surface area contributed by atoms with E-state index in [0.29, 0.717) is 57.5 Å². The Morgan fingerprint density at radius 3 is 2.57 bits per heavy atom. The number of nitrogens with one attached hydrogen (secondary N) is 3. The monoisotopic (exact) mass is 934 g/mol. The fraction of sp³-hybridized carbons (Fsp3) is 0.679. The van der Waals surface area contributed by atoms with Gasteiger partial charge >= 0.3 is 5.97 Å². The molecule has 1 saturated carbocycles. The minimum absolute atomic E-state index is 0.0236. The third-order valence-electron chi connectivity index (χ3n) is 16.3. The topological polar surface area (TPSA) is 164 Å². The fourth-order valence-electron chi connectivity index (χ4n) is 12.5. The quantitative estimate of drug-likeness (QED) is 0.190. The summed E-state index contributed by atoms with van der Waals surface area (Å²) in [4.78, 5) is 68.8. The van der Waals surface area contributed by atoms with Crippen molar-refractivity contribution in [2.24, 2.45) is 22.7 Å². The average Bonchev–Trinajstić information content (AvgIpc) is 4.23. The number of fused-ring (bicyclic) bond motifs is 6. The van der Waals surface area contributed by atoms with E-state index in [1.54, 1.807) is 0 Å². The Morgan fingerprint density at radius 2 is 1.81 bits per heavy atom. The van der Waals surface area contributed by atoms with Crippen LogP contribution >= 0.6 is 0 Å². The summed E-state index contributed by atoms with van der Waals surface area (Å²) >= 11 is 0. The van der Waals surface area contributed by atoms with Crippen molar-refractivity contribution in [1.82, 2.24) is 40.4 Å². The van der Waals surface area contributed by atoms with Gasteiger partial charge in [0.1, 0.15) is 18.1 Å². The van der Waals surface area contributed by atoms with Crippen LogP contribution in [0, 0.1) is 22.7 Å². The van der Waals surface area contributed by atoms with Crippen molar-refractivity contribution < 1.29 is 28.7 Å². The van der Waals surface area contributed by atoms with E-state index < -0.39 is 23.5 Å². The molecule has 7 atom stereocenters. The maximum Gasteiger partial charge on any atom is 0.324 e. The Kier molecular flexibility index (Phi) is 12.9. The van der Waals surface area contributed by atoms with Crippen molar-refractivity contribution in [1.29, 1.82) is 0 Å². The van der Waals surface area contributed by atoms with Crippen LogP contribution in [-0.2, 0) is 41.6 Å². The highest BCUT2D eigenvalue weighted by Gasteiger charge is 2.55. The molecule has 1 spiro atoms. The van der Waals surface area contributed by atoms with Crippen LogP contribution in [0.3, 0.4) is 0 Å². The van der Waals surface area contributed by atoms with Crippen molar-refractivity contribution in [2.45, 2.75) is 149 Å². The molecule has 10 rings (SSSR count). The Hall–Kier alpha value is -4.57. The van der Waals surface area contributed by atoms with Gasteiger partial charge in [0.25, 0.3) is 5.91 Å². The summed E-state index contributed by atoms with van der Waals surface area (Å²) in [5.41, 5.74) is 9.53. The lowest BCUT2D eigenvalue weighted by molar-refractivity contribution is -0.156. The molecule has 0 radical (unpaired) electrons. The summed E-state index contributed by atoms with van der Waals surface area (Å²) in [6.07, 6.45) is 7.91. The Labute approximate surface area is 402 Å². The van der Waals surface area contributed by atoms with Crippen molar-refractivity contribution in [3.05, 3.63) is 47.8 Å². The molecule has 7 aliphatic rings. The van der Waals surface area contributed by atoms with Crippen LogP contribution in [0.5, 0.6) is 0 Å². The number of hydrazine groups is 1. The number of ether oxygens (including phenoxy) is 2. The first-order valence-corrected chi connectivity index (χ1v) is 25.9. The highest BCUT2D eigenvalue weighted by Crippen LogP contribution is 2.45. The SMILES string of the molecule is CCn1c(-c2cccnc2C(C)C)c2c3cc(ccc31)N1CCO[C@@H](C[C@H](NC(=O)[C@H](C(C)C)N3CC[C@]4(CCN(C(=O)[C@@H]5N[C@@H]5C5CC5)C4)C3)C(=O)N3CCC[C@H](N3)C(=O)OCC(C)(C)C2)C1. The van der Waals surface area contributed by atoms with Crippen molar-refractivity contribution in [2.75, 3.05) is 63.9 Å². The molecule has 368 valence electrons. The number of carbonyl (C=O) groups excluding carboxylic acids is 4. The zero-order valence-electron chi connectivity index (χ0n) is 41.5. The zero-order chi connectivity index (χ0) is 47.6. The van der Waals surface area contributed by atoms with E-state index in [1.165, 1.54) is 23.4 Å². The highest BCUT2D eigenvalue weighted by atomic mass is 16.5. The van der Waals surface area contributed by atoms with Gasteiger partial charge in [0.2, 0.25) is 11.8 Å². The number of cyclic esters (lactones) is 1. The number of hydrogen-bond acceptors (Lipinski definition) is 11. The van der Waals surface area contributed by atoms with Crippen molar-refractivity contribution in [3.63, 3.8) is 0 Å². The number of aryl methyl sites for hydroxylation is 1. The van der Waals surface area contributed by atoms with Crippen molar-refractivity contribution in [3.8, 4) is 11.3 Å². The first kappa shape index (κ1) is 47.1. The van der Waals surface area contributed by atoms with E-state index in [1.807, 2.05) is 12.3 Å². The van der Waals surface area contributed by atoms with Crippen LogP contribution in [0.25, 0.3) is 22.2 Å². The van der Waals surface area contributed by atoms with Gasteiger partial charge < -0.3 is 29.2 Å². The molecule has 6 bridgehead atoms. The van der Waals surface area contributed by atoms with Gasteiger partial charge in [-0.3, -0.25) is 39.4 Å². The van der Waals surface area contributed by atoms with Crippen molar-refractivity contribution >= 4 is 40.3 Å². The summed E-state index contributed by atoms with van der Waals surface area (Å²) in [7, 11) is 0. The molecule has 3 aromatic rings. The van der Waals surface area contributed by atoms with Crippen LogP contribution < -0.4 is 21.0 Å². The van der Waals surface area contributed by atoms with Gasteiger partial charge in [-0.15, -0.1) is 0 Å². The minimum Gasteiger partial charge on any atom is -0.464 e. The molecule has 6 aliphatic heterocycles. The lowest BCUT2D eigenvalue weighted by Crippen LogP contribution is -2.62. The largest absolute Gasteiger partial charge is 0.464 e. The van der Waals surface area contributed by atoms with Crippen LogP contribution in [0.1, 0.15) is 111 Å². The van der Waals surface area contributed by atoms with Gasteiger partial charge in [0.05, 0.1) is 36.7 Å². The highest BCUT2D eigenvalue weighted by molar-refractivity contribution is 5.95. The number of amides is 3. The van der Waals surface area contributed by atoms with Crippen LogP contribution in [0.15, 0.2) is 36.5 Å². The molecule has 1 aromatic carbocycles. The predicted molar refractivity (Wildman–Crippen MR) is 262 cm³/mol. The molecule has 2 aromatic heterocycles. The molecule has 3 amide bonds. The predicted octanol–water partition coefficient (Wildman–Crippen LogP) is 5.25. The number of carbonyl (C=O) groups is 4. The molecular weight excluding hydrogens is 859 g/mol. The van der Waals surface area contributed by atoms with E-state index in [0.717, 1.165) is 79.1 Å². The Balaban J connectivity index is 0.934. The number of hydrogen-bond donors (Lipinski definition) is 3. The molecule has 15 nitrogen and oxygen atoms in total. The third kappa shape index (κ3) is 9.29. The molecule has 15 heteroatoms. The first-order chi connectivity index (χ1) is 32.6. The summed E-state index contributed by atoms with van der Waals surface area (Å²) < 4.78 is 15.1. The summed E-state index contributed by atoms with van der Waals surface area (Å²) in [5, 5.41) is 9.43. The van der Waals surface area contributed by atoms with Gasteiger partial charge in [-0.25, -0.2) is 5.43 Å². The number of anilines is 1. The van der Waals surface area contributed by atoms with Gasteiger partial charge in [0, 0.05) is 97.5 Å². The number of benzene rings is 1. The number of morpholine rings is 1. The molecule has 6 fully saturated rings. The number of esters is 1. The van der Waals surface area contributed by atoms with Gasteiger partial charge in [0.15, 0.2) is 0 Å². The zero-order valence-corrected chi connectivity index (χ0v) is 41.5. The maximum atomic E-state index is 14.9. The molecule has 1 aliphatic carbocycles. The second-order valence-corrected chi connectivity index (χ2v) is 22.8. The third-order valence-corrected chi connectivity index (χ3v) is 16.3. The second-order valence-electron chi connectivity index (χ2n) is 22.8. The molecule has 3 N–H and O–H groups in total. The lowest BCUT2D eigenvalue weighted by atomic mass is 9.84. The Bertz CT molecular complexity index is 2410. The van der Waals surface area contributed by atoms with Gasteiger partial charge in [-0.05, 0) is 112 Å².